The minimum atomic E-state index is -1.52. The predicted octanol–water partition coefficient (Wildman–Crippen LogP) is 18.7. The smallest absolute Gasteiger partial charge is 0.148 e. The maximum absolute atomic E-state index is 12.5. The van der Waals surface area contributed by atoms with Crippen LogP contribution in [0.5, 0.6) is 5.75 Å². The fraction of sp³-hybridized carbons (Fsp3) is 0.108. The molecule has 1 aliphatic rings. The summed E-state index contributed by atoms with van der Waals surface area (Å²) >= 11 is 0. The Morgan fingerprint density at radius 3 is 1.71 bits per heavy atom. The van der Waals surface area contributed by atoms with Gasteiger partial charge in [-0.25, -0.2) is 4.98 Å². The second kappa shape index (κ2) is 22.3. The molecule has 1 saturated carbocycles. The second-order valence-electron chi connectivity index (χ2n) is 20.7. The first-order valence-corrected chi connectivity index (χ1v) is 27.1. The van der Waals surface area contributed by atoms with Crippen LogP contribution in [0.3, 0.4) is 0 Å². The van der Waals surface area contributed by atoms with E-state index < -0.39 is 6.37 Å². The molecule has 13 rings (SSSR count). The summed E-state index contributed by atoms with van der Waals surface area (Å²) in [6, 6.07) is 91.7. The number of rotatable bonds is 13. The van der Waals surface area contributed by atoms with Crippen molar-refractivity contribution in [3.05, 3.63) is 289 Å². The molecule has 0 unspecified atom stereocenters. The molecule has 2 aromatic heterocycles. The van der Waals surface area contributed by atoms with Crippen LogP contribution in [0.1, 0.15) is 57.6 Å². The van der Waals surface area contributed by atoms with Gasteiger partial charge < -0.3 is 5.11 Å². The van der Waals surface area contributed by atoms with E-state index in [4.69, 9.17) is 9.97 Å². The molecular formula is C74H58N3OPt-. The molecule has 1 fully saturated rings. The Kier molecular flexibility index (Phi) is 13.8. The third kappa shape index (κ3) is 9.99. The molecule has 386 valence electrons. The third-order valence-electron chi connectivity index (χ3n) is 15.9. The van der Waals surface area contributed by atoms with Crippen LogP contribution in [0, 0.1) is 12.0 Å². The van der Waals surface area contributed by atoms with Gasteiger partial charge in [0.1, 0.15) is 11.6 Å². The number of para-hydroxylation sites is 2. The zero-order valence-corrected chi connectivity index (χ0v) is 46.1. The van der Waals surface area contributed by atoms with Gasteiger partial charge in [-0.1, -0.05) is 255 Å². The van der Waals surface area contributed by atoms with E-state index in [1.54, 1.807) is 0 Å². The first-order valence-electron chi connectivity index (χ1n) is 28.1. The maximum atomic E-state index is 12.5. The van der Waals surface area contributed by atoms with Crippen molar-refractivity contribution >= 4 is 11.0 Å². The molecule has 0 bridgehead atoms. The van der Waals surface area contributed by atoms with Crippen LogP contribution >= 0.6 is 0 Å². The van der Waals surface area contributed by atoms with Gasteiger partial charge in [-0.15, -0.1) is 23.8 Å². The molecule has 5 heteroatoms. The van der Waals surface area contributed by atoms with Gasteiger partial charge in [0.15, 0.2) is 0 Å². The van der Waals surface area contributed by atoms with Crippen molar-refractivity contribution in [1.82, 2.24) is 14.5 Å². The van der Waals surface area contributed by atoms with Crippen LogP contribution in [-0.2, 0) is 32.9 Å². The molecule has 0 spiro atoms. The Labute approximate surface area is 480 Å². The molecule has 4 nitrogen and oxygen atoms in total. The first kappa shape index (κ1) is 48.7. The van der Waals surface area contributed by atoms with E-state index >= 15 is 0 Å². The van der Waals surface area contributed by atoms with E-state index in [0.717, 1.165) is 104 Å². The maximum Gasteiger partial charge on any atom is 0.148 e. The van der Waals surface area contributed by atoms with Crippen molar-refractivity contribution in [3.63, 3.8) is 0 Å². The Morgan fingerprint density at radius 2 is 1.05 bits per heavy atom. The zero-order chi connectivity index (χ0) is 54.2. The summed E-state index contributed by atoms with van der Waals surface area (Å²) in [4.78, 5) is 10.6. The molecule has 0 atom stereocenters. The van der Waals surface area contributed by atoms with E-state index in [1.165, 1.54) is 16.7 Å². The van der Waals surface area contributed by atoms with Crippen LogP contribution in [0.4, 0.5) is 0 Å². The molecule has 10 aromatic carbocycles. The van der Waals surface area contributed by atoms with Gasteiger partial charge in [-0.05, 0) is 99.6 Å². The predicted molar refractivity (Wildman–Crippen MR) is 322 cm³/mol. The number of phenolic OH excluding ortho intramolecular Hbond substituents is 1. The Hall–Kier alpha value is -8.69. The van der Waals surface area contributed by atoms with Crippen LogP contribution in [0.25, 0.3) is 95.0 Å². The SMILES string of the molecule is [2H]C([2H])(c1ccc(-n2c(-c3cccc(-c4ccccc4)c3O)nc3c(-c4[c-]c(-c5cc(-c6ccc(C(C)(c7ccccc7)c7ccccc7)cc6)ccn5)cc(-c5ccccc5)c4)cccc32)c(-c2ccccc2)c1)C1CCCC1.[Pt]. The van der Waals surface area contributed by atoms with Crippen molar-refractivity contribution in [3.8, 4) is 89.7 Å². The van der Waals surface area contributed by atoms with Gasteiger partial charge in [-0.3, -0.25) is 9.55 Å². The number of imidazole rings is 1. The number of pyridine rings is 1. The van der Waals surface area contributed by atoms with Crippen LogP contribution in [0.2, 0.25) is 0 Å². The second-order valence-corrected chi connectivity index (χ2v) is 20.7. The van der Waals surface area contributed by atoms with E-state index in [1.807, 2.05) is 91.1 Å². The average Bonchev–Trinajstić information content (AvgIpc) is 4.19. The van der Waals surface area contributed by atoms with Crippen molar-refractivity contribution in [1.29, 1.82) is 0 Å². The summed E-state index contributed by atoms with van der Waals surface area (Å²) < 4.78 is 21.2. The molecule has 1 N–H and O–H groups in total. The average molecular weight is 1200 g/mol. The van der Waals surface area contributed by atoms with Gasteiger partial charge in [0, 0.05) is 52.2 Å². The van der Waals surface area contributed by atoms with Gasteiger partial charge in [0.2, 0.25) is 0 Å². The largest absolute Gasteiger partial charge is 0.507 e. The standard InChI is InChI=1S/C74H58N3O.Pt/c1-74(61-29-13-5-14-30-61,62-31-15-6-16-32-62)63-40-38-54(39-41-63)57-43-44-75-68(50-57)60-48-58(53-23-7-2-8-24-53)47-59(49-60)64-33-20-36-70-71(64)76-73(66-35-19-34-65(72(66)78)55-25-9-3-10-26-55)77(70)69-42-37-52(45-51-21-17-18-22-51)46-67(69)56-27-11-4-12-28-56;/h2-16,19-20,23-44,46-48,50-51,78H,17-18,21-22,45H2,1H3;/q-1;/i45D2;. The minimum Gasteiger partial charge on any atom is -0.507 e. The molecule has 12 aromatic rings. The quantitative estimate of drug-likeness (QED) is 0.0924. The third-order valence-corrected chi connectivity index (χ3v) is 15.9. The molecule has 0 radical (unpaired) electrons. The summed E-state index contributed by atoms with van der Waals surface area (Å²) in [5, 5.41) is 12.5. The van der Waals surface area contributed by atoms with Crippen molar-refractivity contribution < 1.29 is 28.9 Å². The number of hydrogen-bond acceptors (Lipinski definition) is 3. The summed E-state index contributed by atoms with van der Waals surface area (Å²) in [6.07, 6.45) is 4.20. The number of benzene rings is 10. The molecule has 0 aliphatic heterocycles. The summed E-state index contributed by atoms with van der Waals surface area (Å²) in [5.74, 6) is 0.620. The number of fused-ring (bicyclic) bond motifs is 1. The van der Waals surface area contributed by atoms with Gasteiger partial charge >= 0.3 is 0 Å². The molecule has 2 heterocycles. The summed E-state index contributed by atoms with van der Waals surface area (Å²) in [5.41, 5.74) is 17.8. The Balaban J connectivity index is 0.00000651. The first-order chi connectivity index (χ1) is 39.2. The fourth-order valence-electron chi connectivity index (χ4n) is 11.7. The molecule has 0 saturated heterocycles. The number of hydrogen-bond donors (Lipinski definition) is 1. The molecule has 0 amide bonds. The summed E-state index contributed by atoms with van der Waals surface area (Å²) in [6.45, 7) is 2.31. The van der Waals surface area contributed by atoms with Gasteiger partial charge in [0.25, 0.3) is 0 Å². The number of aromatic nitrogens is 3. The topological polar surface area (TPSA) is 50.9 Å². The van der Waals surface area contributed by atoms with Crippen molar-refractivity contribution in [2.45, 2.75) is 44.4 Å². The van der Waals surface area contributed by atoms with E-state index in [0.29, 0.717) is 22.5 Å². The van der Waals surface area contributed by atoms with Gasteiger partial charge in [-0.2, -0.15) is 0 Å². The number of phenols is 1. The van der Waals surface area contributed by atoms with E-state index in [-0.39, 0.29) is 38.1 Å². The van der Waals surface area contributed by atoms with Crippen LogP contribution in [0.15, 0.2) is 261 Å². The van der Waals surface area contributed by atoms with E-state index in [9.17, 15) is 7.85 Å². The molecule has 1 aliphatic carbocycles. The monoisotopic (exact) mass is 1200 g/mol. The van der Waals surface area contributed by atoms with Crippen molar-refractivity contribution in [2.75, 3.05) is 0 Å². The molecule has 79 heavy (non-hydrogen) atoms. The Bertz CT molecular complexity index is 4120. The summed E-state index contributed by atoms with van der Waals surface area (Å²) in [7, 11) is 0. The zero-order valence-electron chi connectivity index (χ0n) is 45.8. The van der Waals surface area contributed by atoms with Crippen LogP contribution in [-0.4, -0.2) is 19.6 Å². The minimum absolute atomic E-state index is 0. The molecular weight excluding hydrogens is 1140 g/mol. The van der Waals surface area contributed by atoms with E-state index in [2.05, 4.69) is 187 Å². The normalized spacial score (nSPS) is 13.2. The fourth-order valence-corrected chi connectivity index (χ4v) is 11.7. The van der Waals surface area contributed by atoms with Gasteiger partial charge in [0.05, 0.1) is 22.3 Å². The number of aromatic hydroxyl groups is 1. The Morgan fingerprint density at radius 1 is 0.506 bits per heavy atom. The number of nitrogens with zero attached hydrogens (tertiary/aromatic N) is 3. The van der Waals surface area contributed by atoms with Crippen molar-refractivity contribution in [2.24, 2.45) is 5.92 Å². The van der Waals surface area contributed by atoms with Crippen LogP contribution < -0.4 is 0 Å².